The molecule has 5 nitrogen and oxygen atoms in total. The van der Waals surface area contributed by atoms with Gasteiger partial charge in [0.2, 0.25) is 0 Å². The van der Waals surface area contributed by atoms with E-state index in [0.717, 1.165) is 12.0 Å². The quantitative estimate of drug-likeness (QED) is 0.548. The third-order valence-electron chi connectivity index (χ3n) is 6.42. The minimum atomic E-state index is -0.206. The van der Waals surface area contributed by atoms with Crippen molar-refractivity contribution in [2.24, 2.45) is 23.7 Å². The Labute approximate surface area is 190 Å². The van der Waals surface area contributed by atoms with E-state index in [1.54, 1.807) is 0 Å². The maximum Gasteiger partial charge on any atom is 0.310 e. The summed E-state index contributed by atoms with van der Waals surface area (Å²) in [4.78, 5) is 23.3. The SMILES string of the molecule is C=C[C@H]1[C@H](C)OC(=O)[C@@H]1Cc1ccccc1.C[C@@H]1OC(=O)[C@H](Cc2ccccc2)[C@H]1CO. The highest BCUT2D eigenvalue weighted by atomic mass is 16.6. The minimum absolute atomic E-state index is 0.00437. The maximum atomic E-state index is 11.7. The Hall–Kier alpha value is -2.92. The van der Waals surface area contributed by atoms with Crippen molar-refractivity contribution >= 4 is 11.9 Å². The number of carbonyl (C=O) groups excluding carboxylic acids is 2. The van der Waals surface area contributed by atoms with Crippen LogP contribution >= 0.6 is 0 Å². The highest BCUT2D eigenvalue weighted by Crippen LogP contribution is 2.32. The summed E-state index contributed by atoms with van der Waals surface area (Å²) >= 11 is 0. The molecule has 2 aliphatic heterocycles. The van der Waals surface area contributed by atoms with Crippen molar-refractivity contribution in [3.05, 3.63) is 84.4 Å². The predicted octanol–water partition coefficient (Wildman–Crippen LogP) is 3.99. The van der Waals surface area contributed by atoms with Crippen molar-refractivity contribution in [2.75, 3.05) is 6.61 Å². The molecule has 2 saturated heterocycles. The Morgan fingerprint density at radius 3 is 1.78 bits per heavy atom. The van der Waals surface area contributed by atoms with Crippen LogP contribution in [0.4, 0.5) is 0 Å². The lowest BCUT2D eigenvalue weighted by Crippen LogP contribution is -2.24. The van der Waals surface area contributed by atoms with Crippen LogP contribution in [0.3, 0.4) is 0 Å². The maximum absolute atomic E-state index is 11.7. The minimum Gasteiger partial charge on any atom is -0.462 e. The van der Waals surface area contributed by atoms with Crippen molar-refractivity contribution in [1.82, 2.24) is 0 Å². The van der Waals surface area contributed by atoms with E-state index >= 15 is 0 Å². The third-order valence-corrected chi connectivity index (χ3v) is 6.42. The van der Waals surface area contributed by atoms with Crippen LogP contribution in [0.15, 0.2) is 73.3 Å². The second-order valence-electron chi connectivity index (χ2n) is 8.54. The number of benzene rings is 2. The lowest BCUT2D eigenvalue weighted by atomic mass is 9.86. The summed E-state index contributed by atoms with van der Waals surface area (Å²) in [6.07, 6.45) is 3.00. The summed E-state index contributed by atoms with van der Waals surface area (Å²) in [5.74, 6) is -0.505. The van der Waals surface area contributed by atoms with Crippen LogP contribution in [0.5, 0.6) is 0 Å². The first-order chi connectivity index (χ1) is 15.4. The fourth-order valence-corrected chi connectivity index (χ4v) is 4.52. The summed E-state index contributed by atoms with van der Waals surface area (Å²) < 4.78 is 10.4. The number of carbonyl (C=O) groups is 2. The van der Waals surface area contributed by atoms with Crippen LogP contribution in [0.25, 0.3) is 0 Å². The van der Waals surface area contributed by atoms with Gasteiger partial charge in [-0.1, -0.05) is 66.7 Å². The molecule has 5 heteroatoms. The fourth-order valence-electron chi connectivity index (χ4n) is 4.52. The smallest absolute Gasteiger partial charge is 0.310 e. The average Bonchev–Trinajstić information content (AvgIpc) is 3.22. The molecule has 0 saturated carbocycles. The van der Waals surface area contributed by atoms with E-state index in [-0.39, 0.29) is 54.4 Å². The van der Waals surface area contributed by atoms with Crippen LogP contribution in [0, 0.1) is 23.7 Å². The Morgan fingerprint density at radius 2 is 1.28 bits per heavy atom. The molecular weight excluding hydrogens is 404 g/mol. The Kier molecular flexibility index (Phi) is 8.23. The monoisotopic (exact) mass is 436 g/mol. The number of aliphatic hydroxyl groups is 1. The van der Waals surface area contributed by atoms with Gasteiger partial charge in [-0.15, -0.1) is 6.58 Å². The van der Waals surface area contributed by atoms with Gasteiger partial charge in [-0.05, 0) is 37.8 Å². The summed E-state index contributed by atoms with van der Waals surface area (Å²) in [7, 11) is 0. The molecule has 2 fully saturated rings. The lowest BCUT2D eigenvalue weighted by Gasteiger charge is -2.15. The van der Waals surface area contributed by atoms with Crippen LogP contribution in [-0.2, 0) is 31.9 Å². The molecule has 0 amide bonds. The third kappa shape index (κ3) is 5.65. The molecular formula is C27H32O5. The van der Waals surface area contributed by atoms with E-state index in [1.165, 1.54) is 5.56 Å². The number of hydrogen-bond donors (Lipinski definition) is 1. The van der Waals surface area contributed by atoms with Gasteiger partial charge in [-0.25, -0.2) is 0 Å². The molecule has 2 aromatic rings. The van der Waals surface area contributed by atoms with E-state index in [4.69, 9.17) is 9.47 Å². The lowest BCUT2D eigenvalue weighted by molar-refractivity contribution is -0.144. The Morgan fingerprint density at radius 1 is 0.812 bits per heavy atom. The van der Waals surface area contributed by atoms with E-state index in [9.17, 15) is 14.7 Å². The number of ether oxygens (including phenoxy) is 2. The number of esters is 2. The van der Waals surface area contributed by atoms with E-state index in [1.807, 2.05) is 80.6 Å². The number of aliphatic hydroxyl groups excluding tert-OH is 1. The second-order valence-corrected chi connectivity index (χ2v) is 8.54. The van der Waals surface area contributed by atoms with Gasteiger partial charge in [0, 0.05) is 11.8 Å². The van der Waals surface area contributed by atoms with E-state index < -0.39 is 0 Å². The van der Waals surface area contributed by atoms with Gasteiger partial charge < -0.3 is 14.6 Å². The molecule has 2 heterocycles. The van der Waals surface area contributed by atoms with Crippen molar-refractivity contribution in [1.29, 1.82) is 0 Å². The van der Waals surface area contributed by atoms with Crippen molar-refractivity contribution < 1.29 is 24.2 Å². The summed E-state index contributed by atoms with van der Waals surface area (Å²) in [6.45, 7) is 7.55. The first kappa shape index (κ1) is 23.7. The molecule has 0 bridgehead atoms. The molecule has 0 aromatic heterocycles. The normalized spacial score (nSPS) is 29.0. The Bertz CT molecular complexity index is 895. The van der Waals surface area contributed by atoms with Crippen molar-refractivity contribution in [3.63, 3.8) is 0 Å². The van der Waals surface area contributed by atoms with Crippen LogP contribution < -0.4 is 0 Å². The largest absolute Gasteiger partial charge is 0.462 e. The molecule has 0 spiro atoms. The summed E-state index contributed by atoms with van der Waals surface area (Å²) in [5, 5.41) is 9.27. The van der Waals surface area contributed by atoms with E-state index in [0.29, 0.717) is 6.42 Å². The summed E-state index contributed by atoms with van der Waals surface area (Å²) in [6, 6.07) is 19.9. The van der Waals surface area contributed by atoms with Crippen molar-refractivity contribution in [3.8, 4) is 0 Å². The molecule has 0 radical (unpaired) electrons. The molecule has 32 heavy (non-hydrogen) atoms. The van der Waals surface area contributed by atoms with Crippen LogP contribution in [0.2, 0.25) is 0 Å². The van der Waals surface area contributed by atoms with Gasteiger partial charge in [0.1, 0.15) is 12.2 Å². The molecule has 2 aliphatic rings. The van der Waals surface area contributed by atoms with Gasteiger partial charge in [0.05, 0.1) is 18.4 Å². The zero-order valence-corrected chi connectivity index (χ0v) is 18.7. The van der Waals surface area contributed by atoms with Crippen molar-refractivity contribution in [2.45, 2.75) is 38.9 Å². The predicted molar refractivity (Wildman–Crippen MR) is 123 cm³/mol. The summed E-state index contributed by atoms with van der Waals surface area (Å²) in [5.41, 5.74) is 2.28. The second kappa shape index (κ2) is 11.1. The number of rotatable bonds is 6. The topological polar surface area (TPSA) is 72.8 Å². The van der Waals surface area contributed by atoms with Gasteiger partial charge in [-0.3, -0.25) is 9.59 Å². The first-order valence-electron chi connectivity index (χ1n) is 11.2. The van der Waals surface area contributed by atoms with Gasteiger partial charge in [-0.2, -0.15) is 0 Å². The van der Waals surface area contributed by atoms with Gasteiger partial charge >= 0.3 is 11.9 Å². The number of cyclic esters (lactones) is 2. The molecule has 6 atom stereocenters. The fraction of sp³-hybridized carbons (Fsp3) is 0.407. The van der Waals surface area contributed by atoms with Gasteiger partial charge in [0.25, 0.3) is 0 Å². The highest BCUT2D eigenvalue weighted by molar-refractivity contribution is 5.76. The van der Waals surface area contributed by atoms with Crippen LogP contribution in [0.1, 0.15) is 25.0 Å². The zero-order chi connectivity index (χ0) is 23.1. The molecule has 1 N–H and O–H groups in total. The molecule has 0 unspecified atom stereocenters. The molecule has 4 rings (SSSR count). The molecule has 0 aliphatic carbocycles. The van der Waals surface area contributed by atoms with Gasteiger partial charge in [0.15, 0.2) is 0 Å². The molecule has 2 aromatic carbocycles. The zero-order valence-electron chi connectivity index (χ0n) is 18.7. The van der Waals surface area contributed by atoms with Crippen LogP contribution in [-0.4, -0.2) is 35.9 Å². The first-order valence-corrected chi connectivity index (χ1v) is 11.2. The average molecular weight is 437 g/mol. The standard InChI is InChI=1S/C14H16O2.C13H16O3/c1-3-12-10(2)16-14(15)13(12)9-11-7-5-4-6-8-11;1-9-12(8-14)11(13(15)16-9)7-10-5-3-2-4-6-10/h3-8,10,12-13H,1,9H2,2H3;2-6,9,11-12,14H,7-8H2,1H3/t10-,12-,13+;9-,11+,12-/m00/s1. The number of hydrogen-bond acceptors (Lipinski definition) is 5. The molecule has 170 valence electrons. The van der Waals surface area contributed by atoms with E-state index in [2.05, 4.69) is 6.58 Å². The Balaban J connectivity index is 0.000000181. The highest BCUT2D eigenvalue weighted by Gasteiger charge is 2.42.